The maximum atomic E-state index is 12.9. The van der Waals surface area contributed by atoms with Gasteiger partial charge in [0.2, 0.25) is 0 Å². The second-order valence-corrected chi connectivity index (χ2v) is 8.04. The molecule has 1 aromatic rings. The quantitative estimate of drug-likeness (QED) is 0.656. The zero-order chi connectivity index (χ0) is 13.3. The highest BCUT2D eigenvalue weighted by Gasteiger charge is 2.42. The monoisotopic (exact) mass is 328 g/mol. The molecule has 2 rings (SSSR count). The summed E-state index contributed by atoms with van der Waals surface area (Å²) in [6, 6.07) is 2.02. The number of rotatable bonds is 4. The van der Waals surface area contributed by atoms with E-state index in [9.17, 15) is 4.79 Å². The van der Waals surface area contributed by atoms with Crippen molar-refractivity contribution in [3.8, 4) is 0 Å². The van der Waals surface area contributed by atoms with Gasteiger partial charge in [-0.2, -0.15) is 0 Å². The van der Waals surface area contributed by atoms with E-state index in [0.717, 1.165) is 28.6 Å². The van der Waals surface area contributed by atoms with E-state index in [-0.39, 0.29) is 5.41 Å². The van der Waals surface area contributed by atoms with E-state index in [1.165, 1.54) is 17.7 Å². The Labute approximate surface area is 122 Å². The Kier molecular flexibility index (Phi) is 4.32. The number of aryl methyl sites for hydroxylation is 1. The average molecular weight is 329 g/mol. The lowest BCUT2D eigenvalue weighted by Crippen LogP contribution is -2.29. The Morgan fingerprint density at radius 2 is 2.06 bits per heavy atom. The molecule has 100 valence electrons. The molecule has 0 N–H and O–H groups in total. The third-order valence-corrected chi connectivity index (χ3v) is 6.06. The van der Waals surface area contributed by atoms with E-state index in [1.54, 1.807) is 11.3 Å². The summed E-state index contributed by atoms with van der Waals surface area (Å²) in [7, 11) is 0. The molecule has 0 radical (unpaired) electrons. The van der Waals surface area contributed by atoms with Crippen molar-refractivity contribution in [3.05, 3.63) is 20.3 Å². The van der Waals surface area contributed by atoms with Gasteiger partial charge in [0.05, 0.1) is 4.88 Å². The number of carbonyl (C=O) groups is 1. The van der Waals surface area contributed by atoms with E-state index in [2.05, 4.69) is 36.7 Å². The van der Waals surface area contributed by atoms with Crippen molar-refractivity contribution in [2.24, 2.45) is 11.3 Å². The normalized spacial score (nSPS) is 18.5. The van der Waals surface area contributed by atoms with Crippen LogP contribution < -0.4 is 0 Å². The minimum atomic E-state index is -0.0646. The van der Waals surface area contributed by atoms with Gasteiger partial charge >= 0.3 is 0 Å². The minimum Gasteiger partial charge on any atom is -0.293 e. The van der Waals surface area contributed by atoms with Crippen LogP contribution in [0.5, 0.6) is 0 Å². The average Bonchev–Trinajstić information content (AvgIpc) is 2.86. The molecule has 1 heterocycles. The van der Waals surface area contributed by atoms with Gasteiger partial charge < -0.3 is 0 Å². The first-order valence-corrected chi connectivity index (χ1v) is 8.36. The zero-order valence-electron chi connectivity index (χ0n) is 11.4. The lowest BCUT2D eigenvalue weighted by atomic mass is 9.74. The maximum Gasteiger partial charge on any atom is 0.178 e. The summed E-state index contributed by atoms with van der Waals surface area (Å²) in [5, 5.41) is 0. The predicted octanol–water partition coefficient (Wildman–Crippen LogP) is 5.61. The second-order valence-electron chi connectivity index (χ2n) is 5.93. The number of hydrogen-bond acceptors (Lipinski definition) is 2. The topological polar surface area (TPSA) is 17.1 Å². The summed E-state index contributed by atoms with van der Waals surface area (Å²) >= 11 is 5.16. The summed E-state index contributed by atoms with van der Waals surface area (Å²) in [4.78, 5) is 15.0. The summed E-state index contributed by atoms with van der Waals surface area (Å²) in [5.41, 5.74) is -0.0646. The molecular weight excluding hydrogens is 308 g/mol. The summed E-state index contributed by atoms with van der Waals surface area (Å²) in [6.45, 7) is 6.52. The van der Waals surface area contributed by atoms with Gasteiger partial charge in [-0.05, 0) is 54.1 Å². The summed E-state index contributed by atoms with van der Waals surface area (Å²) in [5.74, 6) is 0.990. The number of thiophene rings is 1. The number of carbonyl (C=O) groups excluding carboxylic acids is 1. The van der Waals surface area contributed by atoms with E-state index in [1.807, 2.05) is 6.07 Å². The zero-order valence-corrected chi connectivity index (χ0v) is 13.8. The van der Waals surface area contributed by atoms with Gasteiger partial charge in [0.15, 0.2) is 5.78 Å². The van der Waals surface area contributed by atoms with Gasteiger partial charge in [-0.3, -0.25) is 4.79 Å². The first kappa shape index (κ1) is 14.3. The largest absolute Gasteiger partial charge is 0.293 e. The van der Waals surface area contributed by atoms with Crippen LogP contribution in [0, 0.1) is 18.3 Å². The molecular formula is C15H21BrOS. The fourth-order valence-corrected chi connectivity index (χ4v) is 4.79. The molecule has 0 unspecified atom stereocenters. The van der Waals surface area contributed by atoms with E-state index >= 15 is 0 Å². The Balaban J connectivity index is 2.28. The Bertz CT molecular complexity index is 422. The second kappa shape index (κ2) is 5.46. The van der Waals surface area contributed by atoms with Crippen molar-refractivity contribution in [1.82, 2.24) is 0 Å². The highest BCUT2D eigenvalue weighted by molar-refractivity contribution is 9.10. The van der Waals surface area contributed by atoms with Crippen LogP contribution in [-0.2, 0) is 0 Å². The van der Waals surface area contributed by atoms with Crippen LogP contribution in [0.15, 0.2) is 10.5 Å². The smallest absolute Gasteiger partial charge is 0.178 e. The molecule has 1 nitrogen and oxygen atoms in total. The van der Waals surface area contributed by atoms with Crippen LogP contribution in [0.3, 0.4) is 0 Å². The molecule has 18 heavy (non-hydrogen) atoms. The van der Waals surface area contributed by atoms with Crippen molar-refractivity contribution >= 4 is 33.0 Å². The van der Waals surface area contributed by atoms with Gasteiger partial charge in [0.25, 0.3) is 0 Å². The predicted molar refractivity (Wildman–Crippen MR) is 81.4 cm³/mol. The number of hydrogen-bond donors (Lipinski definition) is 0. The molecule has 0 bridgehead atoms. The van der Waals surface area contributed by atoms with Gasteiger partial charge in [-0.15, -0.1) is 11.3 Å². The number of ketones is 1. The molecule has 1 aliphatic rings. The third kappa shape index (κ3) is 2.72. The summed E-state index contributed by atoms with van der Waals surface area (Å²) < 4.78 is 1.08. The van der Waals surface area contributed by atoms with Gasteiger partial charge in [0.1, 0.15) is 0 Å². The molecule has 1 aromatic heterocycles. The van der Waals surface area contributed by atoms with Crippen molar-refractivity contribution in [1.29, 1.82) is 0 Å². The third-order valence-electron chi connectivity index (χ3n) is 3.92. The van der Waals surface area contributed by atoms with Crippen LogP contribution in [0.4, 0.5) is 0 Å². The number of halogens is 1. The van der Waals surface area contributed by atoms with Crippen molar-refractivity contribution in [3.63, 3.8) is 0 Å². The molecule has 1 saturated carbocycles. The molecule has 0 aromatic carbocycles. The molecule has 1 fully saturated rings. The van der Waals surface area contributed by atoms with Gasteiger partial charge in [-0.1, -0.05) is 26.7 Å². The molecule has 0 aliphatic heterocycles. The van der Waals surface area contributed by atoms with Crippen LogP contribution in [-0.4, -0.2) is 5.78 Å². The van der Waals surface area contributed by atoms with E-state index in [0.29, 0.717) is 11.7 Å². The minimum absolute atomic E-state index is 0.0646. The standard InChI is InChI=1S/C15H21BrOS/c1-10(2)9-15(6-4-5-7-15)14(17)13-8-12(16)11(3)18-13/h8,10H,4-7,9H2,1-3H3. The van der Waals surface area contributed by atoms with E-state index < -0.39 is 0 Å². The van der Waals surface area contributed by atoms with Crippen molar-refractivity contribution < 1.29 is 4.79 Å². The maximum absolute atomic E-state index is 12.9. The Morgan fingerprint density at radius 1 is 1.44 bits per heavy atom. The Morgan fingerprint density at radius 3 is 2.50 bits per heavy atom. The molecule has 0 atom stereocenters. The van der Waals surface area contributed by atoms with Crippen LogP contribution in [0.1, 0.15) is 60.5 Å². The van der Waals surface area contributed by atoms with Gasteiger partial charge in [-0.25, -0.2) is 0 Å². The SMILES string of the molecule is Cc1sc(C(=O)C2(CC(C)C)CCCC2)cc1Br. The molecule has 0 amide bonds. The first-order valence-electron chi connectivity index (χ1n) is 6.75. The Hall–Kier alpha value is -0.150. The molecule has 3 heteroatoms. The fraction of sp³-hybridized carbons (Fsp3) is 0.667. The number of Topliss-reactive ketones (excluding diaryl/α,β-unsaturated/α-hetero) is 1. The lowest BCUT2D eigenvalue weighted by molar-refractivity contribution is 0.0764. The van der Waals surface area contributed by atoms with E-state index in [4.69, 9.17) is 0 Å². The fourth-order valence-electron chi connectivity index (χ4n) is 3.19. The first-order chi connectivity index (χ1) is 8.44. The lowest BCUT2D eigenvalue weighted by Gasteiger charge is -2.28. The van der Waals surface area contributed by atoms with Crippen molar-refractivity contribution in [2.75, 3.05) is 0 Å². The van der Waals surface area contributed by atoms with Crippen LogP contribution in [0.2, 0.25) is 0 Å². The van der Waals surface area contributed by atoms with Crippen LogP contribution in [0.25, 0.3) is 0 Å². The van der Waals surface area contributed by atoms with Crippen molar-refractivity contribution in [2.45, 2.75) is 52.9 Å². The van der Waals surface area contributed by atoms with Gasteiger partial charge in [0, 0.05) is 14.8 Å². The molecule has 1 aliphatic carbocycles. The highest BCUT2D eigenvalue weighted by atomic mass is 79.9. The molecule has 0 spiro atoms. The van der Waals surface area contributed by atoms with Crippen LogP contribution >= 0.6 is 27.3 Å². The highest BCUT2D eigenvalue weighted by Crippen LogP contribution is 2.46. The molecule has 0 saturated heterocycles. The summed E-state index contributed by atoms with van der Waals surface area (Å²) in [6.07, 6.45) is 5.63.